The molecule has 1 aliphatic heterocycles. The highest BCUT2D eigenvalue weighted by atomic mass is 19.1. The van der Waals surface area contributed by atoms with E-state index in [0.717, 1.165) is 31.4 Å². The van der Waals surface area contributed by atoms with E-state index in [1.807, 2.05) is 4.90 Å². The van der Waals surface area contributed by atoms with E-state index in [-0.39, 0.29) is 11.7 Å². The molecule has 1 fully saturated rings. The Labute approximate surface area is 113 Å². The number of rotatable bonds is 3. The molecule has 0 saturated carbocycles. The van der Waals surface area contributed by atoms with Crippen LogP contribution in [-0.4, -0.2) is 23.4 Å². The number of hydrogen-bond acceptors (Lipinski definition) is 1. The third kappa shape index (κ3) is 3.66. The Bertz CT molecular complexity index is 452. The van der Waals surface area contributed by atoms with Crippen molar-refractivity contribution in [1.82, 2.24) is 4.90 Å². The van der Waals surface area contributed by atoms with Gasteiger partial charge in [-0.3, -0.25) is 4.79 Å². The molecule has 0 radical (unpaired) electrons. The van der Waals surface area contributed by atoms with Gasteiger partial charge >= 0.3 is 0 Å². The van der Waals surface area contributed by atoms with E-state index >= 15 is 0 Å². The van der Waals surface area contributed by atoms with Crippen molar-refractivity contribution in [2.24, 2.45) is 0 Å². The van der Waals surface area contributed by atoms with E-state index in [2.05, 4.69) is 6.92 Å². The molecule has 0 spiro atoms. The predicted octanol–water partition coefficient (Wildman–Crippen LogP) is 3.63. The summed E-state index contributed by atoms with van der Waals surface area (Å²) >= 11 is 0. The smallest absolute Gasteiger partial charge is 0.246 e. The van der Waals surface area contributed by atoms with Gasteiger partial charge in [0.25, 0.3) is 0 Å². The first-order valence-electron chi connectivity index (χ1n) is 6.95. The molecular weight excluding hydrogens is 241 g/mol. The van der Waals surface area contributed by atoms with E-state index in [9.17, 15) is 9.18 Å². The monoisotopic (exact) mass is 261 g/mol. The summed E-state index contributed by atoms with van der Waals surface area (Å²) in [4.78, 5) is 14.1. The quantitative estimate of drug-likeness (QED) is 0.761. The lowest BCUT2D eigenvalue weighted by Gasteiger charge is -2.34. The highest BCUT2D eigenvalue weighted by Crippen LogP contribution is 2.20. The Morgan fingerprint density at radius 2 is 2.11 bits per heavy atom. The van der Waals surface area contributed by atoms with E-state index in [1.54, 1.807) is 24.3 Å². The fraction of sp³-hybridized carbons (Fsp3) is 0.438. The van der Waals surface area contributed by atoms with Gasteiger partial charge < -0.3 is 4.90 Å². The lowest BCUT2D eigenvalue weighted by molar-refractivity contribution is -0.129. The average Bonchev–Trinajstić information content (AvgIpc) is 2.46. The zero-order valence-electron chi connectivity index (χ0n) is 11.3. The summed E-state index contributed by atoms with van der Waals surface area (Å²) in [6, 6.07) is 6.53. The van der Waals surface area contributed by atoms with Crippen LogP contribution in [0.4, 0.5) is 4.39 Å². The first kappa shape index (κ1) is 13.8. The number of piperidine rings is 1. The number of hydrogen-bond donors (Lipinski definition) is 0. The maximum atomic E-state index is 12.8. The molecule has 2 nitrogen and oxygen atoms in total. The fourth-order valence-corrected chi connectivity index (χ4v) is 2.55. The molecule has 1 saturated heterocycles. The highest BCUT2D eigenvalue weighted by molar-refractivity contribution is 5.92. The standard InChI is InChI=1S/C16H20FNO/c1-2-15-5-3-4-12-18(15)16(19)11-8-13-6-9-14(17)10-7-13/h6-11,15H,2-5,12H2,1H3/b11-8+/t15-/m0/s1. The first-order valence-corrected chi connectivity index (χ1v) is 6.95. The summed E-state index contributed by atoms with van der Waals surface area (Å²) in [6.07, 6.45) is 7.77. The van der Waals surface area contributed by atoms with Crippen LogP contribution in [0, 0.1) is 5.82 Å². The van der Waals surface area contributed by atoms with Gasteiger partial charge in [0.05, 0.1) is 0 Å². The van der Waals surface area contributed by atoms with Crippen molar-refractivity contribution in [2.45, 2.75) is 38.6 Å². The molecule has 0 aromatic heterocycles. The molecular formula is C16H20FNO. The number of halogens is 1. The van der Waals surface area contributed by atoms with Gasteiger partial charge in [-0.05, 0) is 49.5 Å². The average molecular weight is 261 g/mol. The van der Waals surface area contributed by atoms with Crippen LogP contribution in [0.15, 0.2) is 30.3 Å². The summed E-state index contributed by atoms with van der Waals surface area (Å²) < 4.78 is 12.8. The van der Waals surface area contributed by atoms with Crippen molar-refractivity contribution >= 4 is 12.0 Å². The van der Waals surface area contributed by atoms with Gasteiger partial charge in [-0.25, -0.2) is 4.39 Å². The zero-order valence-corrected chi connectivity index (χ0v) is 11.3. The summed E-state index contributed by atoms with van der Waals surface area (Å²) in [5.74, 6) is -0.193. The van der Waals surface area contributed by atoms with Crippen molar-refractivity contribution < 1.29 is 9.18 Å². The SMILES string of the molecule is CC[C@H]1CCCCN1C(=O)/C=C/c1ccc(F)cc1. The number of likely N-dealkylation sites (tertiary alicyclic amines) is 1. The van der Waals surface area contributed by atoms with Crippen LogP contribution in [0.5, 0.6) is 0 Å². The van der Waals surface area contributed by atoms with Gasteiger partial charge in [0, 0.05) is 18.7 Å². The predicted molar refractivity (Wildman–Crippen MR) is 75.1 cm³/mol. The molecule has 102 valence electrons. The van der Waals surface area contributed by atoms with Crippen LogP contribution in [0.3, 0.4) is 0 Å². The minimum atomic E-state index is -0.259. The van der Waals surface area contributed by atoms with Crippen LogP contribution in [0.2, 0.25) is 0 Å². The largest absolute Gasteiger partial charge is 0.336 e. The Balaban J connectivity index is 2.01. The molecule has 0 bridgehead atoms. The van der Waals surface area contributed by atoms with Gasteiger partial charge in [0.1, 0.15) is 5.82 Å². The Morgan fingerprint density at radius 3 is 2.79 bits per heavy atom. The summed E-state index contributed by atoms with van der Waals surface area (Å²) in [7, 11) is 0. The first-order chi connectivity index (χ1) is 9.20. The third-order valence-electron chi connectivity index (χ3n) is 3.67. The highest BCUT2D eigenvalue weighted by Gasteiger charge is 2.23. The van der Waals surface area contributed by atoms with E-state index in [1.165, 1.54) is 18.6 Å². The minimum Gasteiger partial charge on any atom is -0.336 e. The normalized spacial score (nSPS) is 19.9. The van der Waals surface area contributed by atoms with Gasteiger partial charge in [-0.2, -0.15) is 0 Å². The van der Waals surface area contributed by atoms with Crippen molar-refractivity contribution in [1.29, 1.82) is 0 Å². The van der Waals surface area contributed by atoms with Crippen LogP contribution >= 0.6 is 0 Å². The van der Waals surface area contributed by atoms with Crippen LogP contribution in [0.25, 0.3) is 6.08 Å². The number of benzene rings is 1. The van der Waals surface area contributed by atoms with Crippen molar-refractivity contribution in [3.63, 3.8) is 0 Å². The summed E-state index contributed by atoms with van der Waals surface area (Å²) in [5.41, 5.74) is 0.847. The second-order valence-corrected chi connectivity index (χ2v) is 4.97. The molecule has 1 atom stereocenters. The Kier molecular flexibility index (Phi) is 4.72. The fourth-order valence-electron chi connectivity index (χ4n) is 2.55. The Hall–Kier alpha value is -1.64. The maximum Gasteiger partial charge on any atom is 0.246 e. The molecule has 0 aliphatic carbocycles. The lowest BCUT2D eigenvalue weighted by Crippen LogP contribution is -2.42. The van der Waals surface area contributed by atoms with Crippen molar-refractivity contribution in [2.75, 3.05) is 6.54 Å². The number of nitrogens with zero attached hydrogens (tertiary/aromatic N) is 1. The molecule has 1 aliphatic rings. The van der Waals surface area contributed by atoms with Crippen molar-refractivity contribution in [3.05, 3.63) is 41.7 Å². The lowest BCUT2D eigenvalue weighted by atomic mass is 10.00. The van der Waals surface area contributed by atoms with Gasteiger partial charge in [0.2, 0.25) is 5.91 Å². The molecule has 0 unspecified atom stereocenters. The Morgan fingerprint density at radius 1 is 1.37 bits per heavy atom. The topological polar surface area (TPSA) is 20.3 Å². The van der Waals surface area contributed by atoms with Gasteiger partial charge in [-0.15, -0.1) is 0 Å². The summed E-state index contributed by atoms with van der Waals surface area (Å²) in [5, 5.41) is 0. The van der Waals surface area contributed by atoms with Crippen LogP contribution < -0.4 is 0 Å². The second-order valence-electron chi connectivity index (χ2n) is 4.97. The van der Waals surface area contributed by atoms with E-state index in [4.69, 9.17) is 0 Å². The van der Waals surface area contributed by atoms with Crippen molar-refractivity contribution in [3.8, 4) is 0 Å². The molecule has 0 N–H and O–H groups in total. The molecule has 3 heteroatoms. The van der Waals surface area contributed by atoms with Gasteiger partial charge in [0.15, 0.2) is 0 Å². The third-order valence-corrected chi connectivity index (χ3v) is 3.67. The van der Waals surface area contributed by atoms with Gasteiger partial charge in [-0.1, -0.05) is 19.1 Å². The number of amides is 1. The number of carbonyl (C=O) groups excluding carboxylic acids is 1. The molecule has 1 aromatic carbocycles. The second kappa shape index (κ2) is 6.50. The van der Waals surface area contributed by atoms with E-state index < -0.39 is 0 Å². The van der Waals surface area contributed by atoms with E-state index in [0.29, 0.717) is 6.04 Å². The molecule has 1 aromatic rings. The molecule has 2 rings (SSSR count). The minimum absolute atomic E-state index is 0.0656. The summed E-state index contributed by atoms with van der Waals surface area (Å²) in [6.45, 7) is 2.98. The van der Waals surface area contributed by atoms with Crippen LogP contribution in [-0.2, 0) is 4.79 Å². The molecule has 1 heterocycles. The number of carbonyl (C=O) groups is 1. The molecule has 1 amide bonds. The molecule has 19 heavy (non-hydrogen) atoms. The van der Waals surface area contributed by atoms with Crippen LogP contribution in [0.1, 0.15) is 38.2 Å². The zero-order chi connectivity index (χ0) is 13.7. The maximum absolute atomic E-state index is 12.8.